The van der Waals surface area contributed by atoms with Crippen LogP contribution < -0.4 is 0 Å². The molecule has 0 aliphatic rings. The molecule has 14 heavy (non-hydrogen) atoms. The van der Waals surface area contributed by atoms with E-state index in [1.165, 1.54) is 17.1 Å². The SMILES string of the molecule is COCc1ccc(-c2csnn2)cc1. The Morgan fingerprint density at radius 2 is 2.07 bits per heavy atom. The molecule has 0 spiro atoms. The highest BCUT2D eigenvalue weighted by atomic mass is 32.1. The molecule has 0 saturated carbocycles. The zero-order chi connectivity index (χ0) is 9.80. The van der Waals surface area contributed by atoms with Crippen molar-refractivity contribution in [1.82, 2.24) is 9.59 Å². The van der Waals surface area contributed by atoms with Gasteiger partial charge in [-0.2, -0.15) is 0 Å². The molecule has 0 N–H and O–H groups in total. The fraction of sp³-hybridized carbons (Fsp3) is 0.200. The second-order valence-corrected chi connectivity index (χ2v) is 3.53. The zero-order valence-corrected chi connectivity index (χ0v) is 8.62. The van der Waals surface area contributed by atoms with Crippen LogP contribution in [0.1, 0.15) is 5.56 Å². The van der Waals surface area contributed by atoms with Gasteiger partial charge < -0.3 is 4.74 Å². The van der Waals surface area contributed by atoms with Crippen molar-refractivity contribution in [2.45, 2.75) is 6.61 Å². The summed E-state index contributed by atoms with van der Waals surface area (Å²) in [7, 11) is 1.69. The first-order valence-electron chi connectivity index (χ1n) is 4.25. The monoisotopic (exact) mass is 206 g/mol. The fourth-order valence-corrected chi connectivity index (χ4v) is 1.69. The molecule has 2 rings (SSSR count). The van der Waals surface area contributed by atoms with E-state index in [1.54, 1.807) is 7.11 Å². The maximum Gasteiger partial charge on any atom is 0.105 e. The smallest absolute Gasteiger partial charge is 0.105 e. The third-order valence-electron chi connectivity index (χ3n) is 1.92. The standard InChI is InChI=1S/C10H10N2OS/c1-13-6-8-2-4-9(5-3-8)10-7-14-12-11-10/h2-5,7H,6H2,1H3. The number of hydrogen-bond acceptors (Lipinski definition) is 4. The maximum atomic E-state index is 5.03. The highest BCUT2D eigenvalue weighted by Gasteiger charge is 2.00. The molecule has 1 aromatic heterocycles. The Balaban J connectivity index is 2.22. The van der Waals surface area contributed by atoms with Gasteiger partial charge in [0.05, 0.1) is 6.61 Å². The normalized spacial score (nSPS) is 10.4. The van der Waals surface area contributed by atoms with E-state index in [4.69, 9.17) is 4.74 Å². The van der Waals surface area contributed by atoms with Crippen LogP contribution in [0.25, 0.3) is 11.3 Å². The van der Waals surface area contributed by atoms with Gasteiger partial charge >= 0.3 is 0 Å². The van der Waals surface area contributed by atoms with E-state index in [1.807, 2.05) is 29.6 Å². The lowest BCUT2D eigenvalue weighted by Gasteiger charge is -2.00. The molecule has 2 aromatic rings. The van der Waals surface area contributed by atoms with Crippen LogP contribution in [0.5, 0.6) is 0 Å². The molecule has 0 unspecified atom stereocenters. The van der Waals surface area contributed by atoms with Gasteiger partial charge in [0.1, 0.15) is 5.69 Å². The van der Waals surface area contributed by atoms with E-state index in [2.05, 4.69) is 9.59 Å². The Kier molecular flexibility index (Phi) is 2.86. The molecular formula is C10H10N2OS. The topological polar surface area (TPSA) is 35.0 Å². The van der Waals surface area contributed by atoms with Crippen molar-refractivity contribution in [2.24, 2.45) is 0 Å². The van der Waals surface area contributed by atoms with Crippen molar-refractivity contribution in [3.8, 4) is 11.3 Å². The number of hydrogen-bond donors (Lipinski definition) is 0. The number of benzene rings is 1. The minimum atomic E-state index is 0.648. The summed E-state index contributed by atoms with van der Waals surface area (Å²) in [5.41, 5.74) is 3.19. The number of methoxy groups -OCH3 is 1. The Morgan fingerprint density at radius 1 is 1.29 bits per heavy atom. The van der Waals surface area contributed by atoms with Crippen molar-refractivity contribution in [2.75, 3.05) is 7.11 Å². The van der Waals surface area contributed by atoms with Crippen molar-refractivity contribution >= 4 is 11.5 Å². The molecule has 0 radical (unpaired) electrons. The van der Waals surface area contributed by atoms with Crippen molar-refractivity contribution in [3.63, 3.8) is 0 Å². The third-order valence-corrected chi connectivity index (χ3v) is 2.43. The van der Waals surface area contributed by atoms with Gasteiger partial charge in [0, 0.05) is 18.1 Å². The maximum absolute atomic E-state index is 5.03. The summed E-state index contributed by atoms with van der Waals surface area (Å²) >= 11 is 1.36. The third kappa shape index (κ3) is 1.97. The molecule has 0 saturated heterocycles. The molecule has 1 aromatic carbocycles. The second kappa shape index (κ2) is 4.30. The molecule has 4 heteroatoms. The molecule has 3 nitrogen and oxygen atoms in total. The molecule has 0 aliphatic heterocycles. The summed E-state index contributed by atoms with van der Waals surface area (Å²) in [4.78, 5) is 0. The van der Waals surface area contributed by atoms with Crippen LogP contribution in [0.15, 0.2) is 29.6 Å². The average molecular weight is 206 g/mol. The molecular weight excluding hydrogens is 196 g/mol. The lowest BCUT2D eigenvalue weighted by atomic mass is 10.1. The van der Waals surface area contributed by atoms with E-state index < -0.39 is 0 Å². The lowest BCUT2D eigenvalue weighted by Crippen LogP contribution is -1.86. The van der Waals surface area contributed by atoms with Crippen LogP contribution in [0, 0.1) is 0 Å². The van der Waals surface area contributed by atoms with Crippen LogP contribution in [0.4, 0.5) is 0 Å². The van der Waals surface area contributed by atoms with Crippen molar-refractivity contribution < 1.29 is 4.74 Å². The Morgan fingerprint density at radius 3 is 2.64 bits per heavy atom. The lowest BCUT2D eigenvalue weighted by molar-refractivity contribution is 0.185. The first-order chi connectivity index (χ1) is 6.90. The molecule has 0 aliphatic carbocycles. The summed E-state index contributed by atoms with van der Waals surface area (Å²) in [6.45, 7) is 0.648. The summed E-state index contributed by atoms with van der Waals surface area (Å²) < 4.78 is 8.86. The van der Waals surface area contributed by atoms with Gasteiger partial charge in [-0.25, -0.2) is 0 Å². The van der Waals surface area contributed by atoms with E-state index in [0.717, 1.165) is 11.3 Å². The van der Waals surface area contributed by atoms with Crippen molar-refractivity contribution in [3.05, 3.63) is 35.2 Å². The van der Waals surface area contributed by atoms with Gasteiger partial charge in [-0.15, -0.1) is 5.10 Å². The number of rotatable bonds is 3. The highest BCUT2D eigenvalue weighted by molar-refractivity contribution is 7.03. The first-order valence-corrected chi connectivity index (χ1v) is 5.09. The molecule has 0 bridgehead atoms. The van der Waals surface area contributed by atoms with Crippen LogP contribution in [0.3, 0.4) is 0 Å². The van der Waals surface area contributed by atoms with E-state index in [-0.39, 0.29) is 0 Å². The summed E-state index contributed by atoms with van der Waals surface area (Å²) in [5.74, 6) is 0. The second-order valence-electron chi connectivity index (χ2n) is 2.92. The minimum absolute atomic E-state index is 0.648. The largest absolute Gasteiger partial charge is 0.380 e. The van der Waals surface area contributed by atoms with Crippen LogP contribution in [-0.2, 0) is 11.3 Å². The van der Waals surface area contributed by atoms with Gasteiger partial charge in [0.15, 0.2) is 0 Å². The Hall–Kier alpha value is -1.26. The minimum Gasteiger partial charge on any atom is -0.380 e. The Labute approximate surface area is 86.5 Å². The molecule has 0 atom stereocenters. The quantitative estimate of drug-likeness (QED) is 0.773. The van der Waals surface area contributed by atoms with Gasteiger partial charge in [0.25, 0.3) is 0 Å². The predicted octanol–water partition coefficient (Wildman–Crippen LogP) is 2.35. The molecule has 0 fully saturated rings. The molecule has 72 valence electrons. The van der Waals surface area contributed by atoms with Gasteiger partial charge in [-0.1, -0.05) is 28.8 Å². The summed E-state index contributed by atoms with van der Waals surface area (Å²) in [6, 6.07) is 8.15. The van der Waals surface area contributed by atoms with Gasteiger partial charge in [-0.05, 0) is 17.1 Å². The molecule has 0 amide bonds. The summed E-state index contributed by atoms with van der Waals surface area (Å²) in [5, 5.41) is 5.94. The van der Waals surface area contributed by atoms with E-state index >= 15 is 0 Å². The van der Waals surface area contributed by atoms with Crippen molar-refractivity contribution in [1.29, 1.82) is 0 Å². The Bertz CT molecular complexity index is 383. The van der Waals surface area contributed by atoms with E-state index in [9.17, 15) is 0 Å². The number of ether oxygens (including phenoxy) is 1. The highest BCUT2D eigenvalue weighted by Crippen LogP contribution is 2.18. The fourth-order valence-electron chi connectivity index (χ4n) is 1.23. The molecule has 1 heterocycles. The number of nitrogens with zero attached hydrogens (tertiary/aromatic N) is 2. The first kappa shape index (κ1) is 9.30. The number of aromatic nitrogens is 2. The van der Waals surface area contributed by atoms with E-state index in [0.29, 0.717) is 6.61 Å². The summed E-state index contributed by atoms with van der Waals surface area (Å²) in [6.07, 6.45) is 0. The van der Waals surface area contributed by atoms with Crippen LogP contribution >= 0.6 is 11.5 Å². The zero-order valence-electron chi connectivity index (χ0n) is 7.80. The average Bonchev–Trinajstić information content (AvgIpc) is 2.72. The predicted molar refractivity (Wildman–Crippen MR) is 56.1 cm³/mol. The van der Waals surface area contributed by atoms with Crippen LogP contribution in [-0.4, -0.2) is 16.7 Å². The van der Waals surface area contributed by atoms with Gasteiger partial charge in [-0.3, -0.25) is 0 Å². The van der Waals surface area contributed by atoms with Crippen LogP contribution in [0.2, 0.25) is 0 Å². The van der Waals surface area contributed by atoms with Gasteiger partial charge in [0.2, 0.25) is 0 Å².